The number of hydrogen-bond donors (Lipinski definition) is 1. The van der Waals surface area contributed by atoms with Crippen LogP contribution in [0.5, 0.6) is 0 Å². The van der Waals surface area contributed by atoms with Gasteiger partial charge in [0.25, 0.3) is 0 Å². The second kappa shape index (κ2) is 5.94. The Morgan fingerprint density at radius 2 is 2.11 bits per heavy atom. The summed E-state index contributed by atoms with van der Waals surface area (Å²) in [5.41, 5.74) is 6.22. The summed E-state index contributed by atoms with van der Waals surface area (Å²) in [7, 11) is 0. The highest BCUT2D eigenvalue weighted by atomic mass is 19.1. The molecule has 0 aromatic heterocycles. The Morgan fingerprint density at radius 1 is 1.37 bits per heavy atom. The second-order valence-corrected chi connectivity index (χ2v) is 5.19. The maximum atomic E-state index is 13.7. The first-order chi connectivity index (χ1) is 8.99. The molecule has 1 aromatic carbocycles. The minimum absolute atomic E-state index is 0.176. The Bertz CT molecular complexity index is 439. The van der Waals surface area contributed by atoms with Crippen molar-refractivity contribution in [2.24, 2.45) is 5.73 Å². The maximum Gasteiger partial charge on any atom is 0.128 e. The predicted molar refractivity (Wildman–Crippen MR) is 69.7 cm³/mol. The number of benzene rings is 1. The monoisotopic (exact) mass is 270 g/mol. The van der Waals surface area contributed by atoms with Crippen molar-refractivity contribution < 1.29 is 13.5 Å². The lowest BCUT2D eigenvalue weighted by molar-refractivity contribution is -0.0507. The topological polar surface area (TPSA) is 38.5 Å². The van der Waals surface area contributed by atoms with Gasteiger partial charge in [0.2, 0.25) is 0 Å². The number of nitrogens with zero attached hydrogens (tertiary/aromatic N) is 1. The van der Waals surface area contributed by atoms with Crippen molar-refractivity contribution in [3.05, 3.63) is 35.4 Å². The van der Waals surface area contributed by atoms with E-state index in [1.165, 1.54) is 0 Å². The van der Waals surface area contributed by atoms with Crippen LogP contribution in [0, 0.1) is 11.6 Å². The summed E-state index contributed by atoms with van der Waals surface area (Å²) in [6.07, 6.45) is -0.313. The lowest BCUT2D eigenvalue weighted by Gasteiger charge is -2.38. The van der Waals surface area contributed by atoms with E-state index in [0.29, 0.717) is 19.2 Å². The third-order valence-electron chi connectivity index (χ3n) is 3.57. The number of morpholine rings is 1. The van der Waals surface area contributed by atoms with Gasteiger partial charge in [0, 0.05) is 24.7 Å². The lowest BCUT2D eigenvalue weighted by atomic mass is 9.99. The van der Waals surface area contributed by atoms with E-state index in [1.54, 1.807) is 0 Å². The van der Waals surface area contributed by atoms with Gasteiger partial charge in [-0.2, -0.15) is 0 Å². The van der Waals surface area contributed by atoms with Gasteiger partial charge in [-0.15, -0.1) is 0 Å². The summed E-state index contributed by atoms with van der Waals surface area (Å²) in [4.78, 5) is 2.23. The first kappa shape index (κ1) is 14.4. The van der Waals surface area contributed by atoms with Crippen LogP contribution in [0.25, 0.3) is 0 Å². The van der Waals surface area contributed by atoms with Gasteiger partial charge in [-0.25, -0.2) is 8.78 Å². The highest BCUT2D eigenvalue weighted by molar-refractivity contribution is 5.23. The Kier molecular flexibility index (Phi) is 4.50. The molecular weight excluding hydrogens is 250 g/mol. The quantitative estimate of drug-likeness (QED) is 0.914. The summed E-state index contributed by atoms with van der Waals surface area (Å²) in [5.74, 6) is -0.970. The van der Waals surface area contributed by atoms with Gasteiger partial charge in [-0.05, 0) is 32.0 Å². The molecule has 0 amide bonds. The Morgan fingerprint density at radius 3 is 2.79 bits per heavy atom. The van der Waals surface area contributed by atoms with E-state index < -0.39 is 17.7 Å². The number of rotatable bonds is 3. The molecule has 2 N–H and O–H groups in total. The van der Waals surface area contributed by atoms with E-state index in [-0.39, 0.29) is 11.7 Å². The van der Waals surface area contributed by atoms with Crippen LogP contribution in [0.15, 0.2) is 18.2 Å². The number of nitrogens with two attached hydrogens (primary N) is 1. The second-order valence-electron chi connectivity index (χ2n) is 5.19. The van der Waals surface area contributed by atoms with Crippen molar-refractivity contribution in [2.45, 2.75) is 32.0 Å². The van der Waals surface area contributed by atoms with Gasteiger partial charge in [0.15, 0.2) is 0 Å². The summed E-state index contributed by atoms with van der Waals surface area (Å²) >= 11 is 0. The van der Waals surface area contributed by atoms with E-state index in [2.05, 4.69) is 18.7 Å². The third kappa shape index (κ3) is 3.29. The molecule has 0 bridgehead atoms. The van der Waals surface area contributed by atoms with E-state index in [1.807, 2.05) is 0 Å². The average Bonchev–Trinajstić information content (AvgIpc) is 2.41. The lowest BCUT2D eigenvalue weighted by Crippen LogP contribution is -2.49. The van der Waals surface area contributed by atoms with Crippen molar-refractivity contribution in [2.75, 3.05) is 19.7 Å². The molecule has 2 rings (SSSR count). The predicted octanol–water partition coefficient (Wildman–Crippen LogP) is 2.07. The molecule has 5 heteroatoms. The molecule has 2 atom stereocenters. The molecule has 1 aromatic rings. The van der Waals surface area contributed by atoms with Crippen LogP contribution < -0.4 is 5.73 Å². The molecule has 1 saturated heterocycles. The van der Waals surface area contributed by atoms with Crippen LogP contribution in [0.2, 0.25) is 0 Å². The molecule has 0 spiro atoms. The molecule has 1 fully saturated rings. The fourth-order valence-corrected chi connectivity index (χ4v) is 2.35. The van der Waals surface area contributed by atoms with Crippen molar-refractivity contribution in [1.29, 1.82) is 0 Å². The van der Waals surface area contributed by atoms with E-state index in [0.717, 1.165) is 24.7 Å². The zero-order chi connectivity index (χ0) is 14.0. The van der Waals surface area contributed by atoms with Gasteiger partial charge in [0.1, 0.15) is 11.6 Å². The molecule has 0 saturated carbocycles. The molecule has 1 heterocycles. The molecule has 106 valence electrons. The molecule has 1 aliphatic rings. The van der Waals surface area contributed by atoms with Crippen molar-refractivity contribution in [1.82, 2.24) is 4.90 Å². The summed E-state index contributed by atoms with van der Waals surface area (Å²) in [6, 6.07) is 3.08. The van der Waals surface area contributed by atoms with Crippen LogP contribution >= 0.6 is 0 Å². The highest BCUT2D eigenvalue weighted by Crippen LogP contribution is 2.24. The molecule has 0 radical (unpaired) electrons. The zero-order valence-electron chi connectivity index (χ0n) is 11.3. The van der Waals surface area contributed by atoms with Crippen molar-refractivity contribution in [3.63, 3.8) is 0 Å². The first-order valence-electron chi connectivity index (χ1n) is 6.55. The number of ether oxygens (including phenoxy) is 1. The van der Waals surface area contributed by atoms with Gasteiger partial charge >= 0.3 is 0 Å². The van der Waals surface area contributed by atoms with Gasteiger partial charge in [0.05, 0.1) is 18.8 Å². The Labute approximate surface area is 112 Å². The molecule has 2 unspecified atom stereocenters. The Balaban J connectivity index is 2.14. The minimum Gasteiger partial charge on any atom is -0.374 e. The Hall–Kier alpha value is -1.04. The zero-order valence-corrected chi connectivity index (χ0v) is 11.3. The third-order valence-corrected chi connectivity index (χ3v) is 3.57. The number of hydrogen-bond acceptors (Lipinski definition) is 3. The van der Waals surface area contributed by atoms with E-state index in [9.17, 15) is 8.78 Å². The molecular formula is C14H20F2N2O. The standard InChI is InChI=1S/C14H20F2N2O/c1-9(2)18-5-6-19-13(8-18)14(17)11-7-10(15)3-4-12(11)16/h3-4,7,9,13-14H,5-6,8,17H2,1-2H3. The summed E-state index contributed by atoms with van der Waals surface area (Å²) in [6.45, 7) is 6.22. The fraction of sp³-hybridized carbons (Fsp3) is 0.571. The summed E-state index contributed by atoms with van der Waals surface area (Å²) in [5, 5.41) is 0. The van der Waals surface area contributed by atoms with Crippen molar-refractivity contribution >= 4 is 0 Å². The smallest absolute Gasteiger partial charge is 0.128 e. The molecule has 1 aliphatic heterocycles. The van der Waals surface area contributed by atoms with Gasteiger partial charge in [-0.3, -0.25) is 4.90 Å². The van der Waals surface area contributed by atoms with Crippen LogP contribution in [0.4, 0.5) is 8.78 Å². The van der Waals surface area contributed by atoms with Crippen LogP contribution in [-0.4, -0.2) is 36.7 Å². The van der Waals surface area contributed by atoms with Gasteiger partial charge < -0.3 is 10.5 Å². The minimum atomic E-state index is -0.655. The largest absolute Gasteiger partial charge is 0.374 e. The molecule has 19 heavy (non-hydrogen) atoms. The van der Waals surface area contributed by atoms with Gasteiger partial charge in [-0.1, -0.05) is 0 Å². The highest BCUT2D eigenvalue weighted by Gasteiger charge is 2.29. The fourth-order valence-electron chi connectivity index (χ4n) is 2.35. The first-order valence-corrected chi connectivity index (χ1v) is 6.55. The van der Waals surface area contributed by atoms with Crippen molar-refractivity contribution in [3.8, 4) is 0 Å². The average molecular weight is 270 g/mol. The van der Waals surface area contributed by atoms with E-state index >= 15 is 0 Å². The van der Waals surface area contributed by atoms with Crippen LogP contribution in [0.3, 0.4) is 0 Å². The maximum absolute atomic E-state index is 13.7. The summed E-state index contributed by atoms with van der Waals surface area (Å²) < 4.78 is 32.5. The normalized spacial score (nSPS) is 22.7. The van der Waals surface area contributed by atoms with Crippen LogP contribution in [-0.2, 0) is 4.74 Å². The number of halogens is 2. The van der Waals surface area contributed by atoms with Crippen LogP contribution in [0.1, 0.15) is 25.5 Å². The molecule has 0 aliphatic carbocycles. The molecule has 3 nitrogen and oxygen atoms in total. The van der Waals surface area contributed by atoms with E-state index in [4.69, 9.17) is 10.5 Å². The SMILES string of the molecule is CC(C)N1CCOC(C(N)c2cc(F)ccc2F)C1.